The molecule has 1 aliphatic heterocycles. The molecular weight excluding hydrogens is 344 g/mol. The Morgan fingerprint density at radius 1 is 1.37 bits per heavy atom. The Morgan fingerprint density at radius 3 is 2.70 bits per heavy atom. The summed E-state index contributed by atoms with van der Waals surface area (Å²) in [6, 6.07) is 0.162. The second kappa shape index (κ2) is 7.62. The number of ether oxygens (including phenoxy) is 1. The van der Waals surface area contributed by atoms with Gasteiger partial charge in [0.1, 0.15) is 11.3 Å². The predicted molar refractivity (Wildman–Crippen MR) is 104 cm³/mol. The maximum Gasteiger partial charge on any atom is 0.407 e. The van der Waals surface area contributed by atoms with Crippen molar-refractivity contribution in [3.8, 4) is 0 Å². The summed E-state index contributed by atoms with van der Waals surface area (Å²) >= 11 is 0. The summed E-state index contributed by atoms with van der Waals surface area (Å²) in [5, 5.41) is 12.7. The zero-order valence-corrected chi connectivity index (χ0v) is 16.9. The van der Waals surface area contributed by atoms with Gasteiger partial charge in [0.05, 0.1) is 12.3 Å². The number of carbonyl (C=O) groups is 1. The van der Waals surface area contributed by atoms with Crippen LogP contribution in [0, 0.1) is 12.3 Å². The minimum absolute atomic E-state index is 0.104. The van der Waals surface area contributed by atoms with E-state index in [1.807, 2.05) is 27.7 Å². The number of amides is 1. The molecule has 1 saturated carbocycles. The van der Waals surface area contributed by atoms with Crippen molar-refractivity contribution in [2.45, 2.75) is 78.0 Å². The number of anilines is 1. The van der Waals surface area contributed by atoms with Gasteiger partial charge in [-0.25, -0.2) is 9.78 Å². The molecule has 0 aromatic carbocycles. The highest BCUT2D eigenvalue weighted by atomic mass is 16.6. The van der Waals surface area contributed by atoms with Gasteiger partial charge < -0.3 is 20.1 Å². The van der Waals surface area contributed by atoms with Crippen molar-refractivity contribution in [1.82, 2.24) is 15.3 Å². The minimum Gasteiger partial charge on any atom is -0.444 e. The number of carbonyl (C=O) groups excluding carboxylic acids is 1. The van der Waals surface area contributed by atoms with Crippen molar-refractivity contribution < 1.29 is 14.6 Å². The summed E-state index contributed by atoms with van der Waals surface area (Å²) in [6.07, 6.45) is 6.63. The maximum absolute atomic E-state index is 12.3. The van der Waals surface area contributed by atoms with Gasteiger partial charge >= 0.3 is 6.09 Å². The maximum atomic E-state index is 12.3. The number of hydrogen-bond donors (Lipinski definition) is 2. The first kappa shape index (κ1) is 19.9. The van der Waals surface area contributed by atoms with Gasteiger partial charge in [-0.2, -0.15) is 0 Å². The van der Waals surface area contributed by atoms with Crippen LogP contribution >= 0.6 is 0 Å². The van der Waals surface area contributed by atoms with Gasteiger partial charge in [0.25, 0.3) is 0 Å². The molecule has 1 aliphatic carbocycles. The fraction of sp³-hybridized carbons (Fsp3) is 0.750. The average molecular weight is 377 g/mol. The van der Waals surface area contributed by atoms with Crippen LogP contribution in [0.4, 0.5) is 10.6 Å². The molecule has 0 bridgehead atoms. The van der Waals surface area contributed by atoms with Crippen molar-refractivity contribution in [3.63, 3.8) is 0 Å². The number of aryl methyl sites for hydroxylation is 1. The fourth-order valence-corrected chi connectivity index (χ4v) is 4.43. The number of rotatable bonds is 3. The molecule has 1 amide bonds. The Labute approximate surface area is 161 Å². The van der Waals surface area contributed by atoms with E-state index in [1.54, 1.807) is 6.20 Å². The Morgan fingerprint density at radius 2 is 2.07 bits per heavy atom. The molecule has 2 heterocycles. The van der Waals surface area contributed by atoms with Crippen LogP contribution < -0.4 is 10.2 Å². The second-order valence-corrected chi connectivity index (χ2v) is 8.88. The number of aliphatic hydroxyl groups excluding tert-OH is 1. The fourth-order valence-electron chi connectivity index (χ4n) is 4.43. The van der Waals surface area contributed by atoms with E-state index in [-0.39, 0.29) is 24.2 Å². The molecule has 0 unspecified atom stereocenters. The lowest BCUT2D eigenvalue weighted by Gasteiger charge is -2.44. The highest BCUT2D eigenvalue weighted by molar-refractivity contribution is 5.68. The third-order valence-electron chi connectivity index (χ3n) is 5.75. The van der Waals surface area contributed by atoms with Gasteiger partial charge in [-0.1, -0.05) is 6.42 Å². The zero-order valence-electron chi connectivity index (χ0n) is 16.9. The number of alkyl carbamates (subject to hydrolysis) is 1. The predicted octanol–water partition coefficient (Wildman–Crippen LogP) is 2.94. The molecule has 1 saturated heterocycles. The summed E-state index contributed by atoms with van der Waals surface area (Å²) < 4.78 is 5.46. The van der Waals surface area contributed by atoms with Crippen molar-refractivity contribution >= 4 is 11.9 Å². The van der Waals surface area contributed by atoms with E-state index in [1.165, 1.54) is 0 Å². The molecule has 3 rings (SSSR count). The van der Waals surface area contributed by atoms with Crippen LogP contribution in [-0.2, 0) is 11.3 Å². The molecule has 2 fully saturated rings. The van der Waals surface area contributed by atoms with E-state index in [9.17, 15) is 9.90 Å². The Balaban J connectivity index is 1.66. The Kier molecular flexibility index (Phi) is 5.60. The molecule has 1 aromatic rings. The first-order valence-electron chi connectivity index (χ1n) is 9.90. The van der Waals surface area contributed by atoms with Gasteiger partial charge in [0, 0.05) is 25.3 Å². The van der Waals surface area contributed by atoms with Gasteiger partial charge in [-0.05, 0) is 58.8 Å². The number of nitrogens with zero attached hydrogens (tertiary/aromatic N) is 3. The van der Waals surface area contributed by atoms with Gasteiger partial charge in [0.15, 0.2) is 5.82 Å². The number of aromatic nitrogens is 2. The lowest BCUT2D eigenvalue weighted by Crippen LogP contribution is -2.51. The smallest absolute Gasteiger partial charge is 0.407 e. The normalized spacial score (nSPS) is 22.1. The molecule has 2 aliphatic rings. The lowest BCUT2D eigenvalue weighted by atomic mass is 9.74. The van der Waals surface area contributed by atoms with Crippen LogP contribution in [0.25, 0.3) is 0 Å². The summed E-state index contributed by atoms with van der Waals surface area (Å²) in [5.41, 5.74) is 1.13. The summed E-state index contributed by atoms with van der Waals surface area (Å²) in [5.74, 6) is 0.794. The highest BCUT2D eigenvalue weighted by Gasteiger charge is 2.46. The first-order valence-corrected chi connectivity index (χ1v) is 9.90. The monoisotopic (exact) mass is 376 g/mol. The van der Waals surface area contributed by atoms with E-state index in [4.69, 9.17) is 4.74 Å². The number of nitrogens with one attached hydrogen (secondary N) is 1. The van der Waals surface area contributed by atoms with Gasteiger partial charge in [0.2, 0.25) is 0 Å². The third-order valence-corrected chi connectivity index (χ3v) is 5.75. The van der Waals surface area contributed by atoms with E-state index in [2.05, 4.69) is 20.2 Å². The van der Waals surface area contributed by atoms with Crippen molar-refractivity contribution in [2.24, 2.45) is 5.41 Å². The number of piperidine rings is 1. The zero-order chi connectivity index (χ0) is 19.7. The average Bonchev–Trinajstić information content (AvgIpc) is 2.96. The summed E-state index contributed by atoms with van der Waals surface area (Å²) in [4.78, 5) is 23.4. The third kappa shape index (κ3) is 4.51. The molecule has 7 heteroatoms. The molecule has 1 spiro atoms. The summed E-state index contributed by atoms with van der Waals surface area (Å²) in [6.45, 7) is 9.19. The van der Waals surface area contributed by atoms with E-state index in [0.717, 1.165) is 56.7 Å². The molecule has 150 valence electrons. The summed E-state index contributed by atoms with van der Waals surface area (Å²) in [7, 11) is 0. The van der Waals surface area contributed by atoms with Crippen LogP contribution in [-0.4, -0.2) is 45.9 Å². The Hall–Kier alpha value is -1.89. The van der Waals surface area contributed by atoms with E-state index < -0.39 is 5.60 Å². The molecule has 0 radical (unpaired) electrons. The van der Waals surface area contributed by atoms with Crippen LogP contribution in [0.15, 0.2) is 6.20 Å². The number of hydrogen-bond acceptors (Lipinski definition) is 6. The molecule has 1 aromatic heterocycles. The minimum atomic E-state index is -0.482. The first-order chi connectivity index (χ1) is 12.7. The lowest BCUT2D eigenvalue weighted by molar-refractivity contribution is 0.0442. The standard InChI is InChI=1S/C20H32N4O3/c1-14-12-21-15(13-25)17(22-14)24-10-8-20(9-11-24)7-5-6-16(20)23-18(26)27-19(2,3)4/h12,16,25H,5-11,13H2,1-4H3,(H,23,26)/t16-/m1/s1. The largest absolute Gasteiger partial charge is 0.444 e. The van der Waals surface area contributed by atoms with Crippen molar-refractivity contribution in [3.05, 3.63) is 17.6 Å². The van der Waals surface area contributed by atoms with Crippen molar-refractivity contribution in [2.75, 3.05) is 18.0 Å². The molecule has 1 atom stereocenters. The van der Waals surface area contributed by atoms with Crippen LogP contribution in [0.3, 0.4) is 0 Å². The van der Waals surface area contributed by atoms with E-state index in [0.29, 0.717) is 5.69 Å². The molecular formula is C20H32N4O3. The van der Waals surface area contributed by atoms with Crippen LogP contribution in [0.1, 0.15) is 64.3 Å². The van der Waals surface area contributed by atoms with E-state index >= 15 is 0 Å². The highest BCUT2D eigenvalue weighted by Crippen LogP contribution is 2.47. The van der Waals surface area contributed by atoms with Crippen LogP contribution in [0.2, 0.25) is 0 Å². The van der Waals surface area contributed by atoms with Gasteiger partial charge in [-0.15, -0.1) is 0 Å². The topological polar surface area (TPSA) is 87.6 Å². The SMILES string of the molecule is Cc1cnc(CO)c(N2CCC3(CCC[C@H]3NC(=O)OC(C)(C)C)CC2)n1. The second-order valence-electron chi connectivity index (χ2n) is 8.88. The number of aliphatic hydroxyl groups is 1. The molecule has 7 nitrogen and oxygen atoms in total. The molecule has 27 heavy (non-hydrogen) atoms. The Bertz CT molecular complexity index is 678. The van der Waals surface area contributed by atoms with Crippen LogP contribution in [0.5, 0.6) is 0 Å². The molecule has 2 N–H and O–H groups in total. The van der Waals surface area contributed by atoms with Crippen molar-refractivity contribution in [1.29, 1.82) is 0 Å². The van der Waals surface area contributed by atoms with Gasteiger partial charge in [-0.3, -0.25) is 4.98 Å². The quantitative estimate of drug-likeness (QED) is 0.843.